The van der Waals surface area contributed by atoms with Gasteiger partial charge in [-0.25, -0.2) is 13.4 Å². The van der Waals surface area contributed by atoms with E-state index in [0.717, 1.165) is 16.4 Å². The first-order valence-corrected chi connectivity index (χ1v) is 12.2. The summed E-state index contributed by atoms with van der Waals surface area (Å²) < 4.78 is 39.7. The molecule has 2 saturated heterocycles. The largest absolute Gasteiger partial charge is 0.451 e. The van der Waals surface area contributed by atoms with Gasteiger partial charge in [-0.05, 0) is 24.3 Å². The molecular formula is C23H21N3O5S. The number of fused-ring (bicyclic) bond motifs is 2. The highest BCUT2D eigenvalue weighted by atomic mass is 32.2. The van der Waals surface area contributed by atoms with E-state index in [0.29, 0.717) is 12.1 Å². The number of hydrogen-bond donors (Lipinski definition) is 0. The maximum Gasteiger partial charge on any atom is 0.289 e. The Balaban J connectivity index is 1.15. The summed E-state index contributed by atoms with van der Waals surface area (Å²) in [6.45, 7) is 0.869. The van der Waals surface area contributed by atoms with Crippen molar-refractivity contribution in [1.29, 1.82) is 0 Å². The Morgan fingerprint density at radius 3 is 2.72 bits per heavy atom. The van der Waals surface area contributed by atoms with Crippen LogP contribution in [0.1, 0.15) is 10.6 Å². The van der Waals surface area contributed by atoms with Crippen LogP contribution in [0.25, 0.3) is 22.0 Å². The van der Waals surface area contributed by atoms with Gasteiger partial charge < -0.3 is 18.6 Å². The summed E-state index contributed by atoms with van der Waals surface area (Å²) in [6.07, 6.45) is 1.67. The molecular weight excluding hydrogens is 430 g/mol. The molecule has 0 bridgehead atoms. The van der Waals surface area contributed by atoms with Crippen molar-refractivity contribution in [2.24, 2.45) is 0 Å². The highest BCUT2D eigenvalue weighted by molar-refractivity contribution is 7.92. The van der Waals surface area contributed by atoms with Crippen LogP contribution in [0.15, 0.2) is 65.3 Å². The molecule has 0 unspecified atom stereocenters. The van der Waals surface area contributed by atoms with E-state index in [4.69, 9.17) is 9.15 Å². The second-order valence-electron chi connectivity index (χ2n) is 8.62. The number of sulfone groups is 1. The zero-order chi connectivity index (χ0) is 21.9. The van der Waals surface area contributed by atoms with E-state index in [1.807, 2.05) is 53.1 Å². The van der Waals surface area contributed by atoms with Crippen LogP contribution in [-0.2, 0) is 21.1 Å². The zero-order valence-corrected chi connectivity index (χ0v) is 18.0. The number of ether oxygens (including phenoxy) is 1. The van der Waals surface area contributed by atoms with Gasteiger partial charge in [0.05, 0.1) is 42.8 Å². The molecule has 4 heterocycles. The number of imidazole rings is 1. The van der Waals surface area contributed by atoms with Gasteiger partial charge in [0.1, 0.15) is 16.4 Å². The fourth-order valence-electron chi connectivity index (χ4n) is 4.66. The number of carbonyl (C=O) groups is 1. The lowest BCUT2D eigenvalue weighted by Gasteiger charge is -2.51. The van der Waals surface area contributed by atoms with Crippen molar-refractivity contribution >= 4 is 37.7 Å². The lowest BCUT2D eigenvalue weighted by atomic mass is 9.95. The lowest BCUT2D eigenvalue weighted by molar-refractivity contribution is -0.121. The van der Waals surface area contributed by atoms with Gasteiger partial charge >= 0.3 is 0 Å². The average Bonchev–Trinajstić information content (AvgIpc) is 3.37. The number of amides is 1. The lowest BCUT2D eigenvalue weighted by Crippen LogP contribution is -2.70. The number of furan rings is 1. The minimum Gasteiger partial charge on any atom is -0.451 e. The minimum absolute atomic E-state index is 0.0960. The van der Waals surface area contributed by atoms with Crippen molar-refractivity contribution in [2.75, 3.05) is 25.4 Å². The summed E-state index contributed by atoms with van der Waals surface area (Å²) in [4.78, 5) is 18.7. The molecule has 6 rings (SSSR count). The molecule has 1 spiro atoms. The molecule has 4 aromatic rings. The van der Waals surface area contributed by atoms with Crippen LogP contribution in [0.4, 0.5) is 0 Å². The van der Waals surface area contributed by atoms with Crippen LogP contribution in [0.2, 0.25) is 0 Å². The fourth-order valence-corrected chi connectivity index (χ4v) is 6.56. The topological polar surface area (TPSA) is 94.6 Å². The van der Waals surface area contributed by atoms with Crippen LogP contribution < -0.4 is 0 Å². The third kappa shape index (κ3) is 3.11. The Hall–Kier alpha value is -3.17. The average molecular weight is 452 g/mol. The standard InChI is InChI=1S/C23H21N3O5S/c27-22(21-9-16-5-1-4-8-20(16)31-21)26-12-23(13-26)14-32(28,29)17(11-30-23)10-25-15-24-18-6-2-3-7-19(18)25/h1-9,15,17H,10-14H2/t17-/m0/s1. The van der Waals surface area contributed by atoms with Gasteiger partial charge in [0.2, 0.25) is 0 Å². The van der Waals surface area contributed by atoms with Gasteiger partial charge in [-0.1, -0.05) is 30.3 Å². The van der Waals surface area contributed by atoms with E-state index >= 15 is 0 Å². The maximum absolute atomic E-state index is 13.1. The zero-order valence-electron chi connectivity index (χ0n) is 17.2. The van der Waals surface area contributed by atoms with Gasteiger partial charge in [-0.2, -0.15) is 0 Å². The summed E-state index contributed by atoms with van der Waals surface area (Å²) in [7, 11) is -3.41. The second kappa shape index (κ2) is 6.91. The van der Waals surface area contributed by atoms with Gasteiger partial charge in [0, 0.05) is 11.9 Å². The molecule has 8 nitrogen and oxygen atoms in total. The molecule has 0 N–H and O–H groups in total. The summed E-state index contributed by atoms with van der Waals surface area (Å²) in [5.74, 6) is -0.0919. The van der Waals surface area contributed by atoms with Gasteiger partial charge in [-0.15, -0.1) is 0 Å². The molecule has 2 aliphatic rings. The predicted molar refractivity (Wildman–Crippen MR) is 118 cm³/mol. The Morgan fingerprint density at radius 1 is 1.12 bits per heavy atom. The normalized spacial score (nSPS) is 21.8. The van der Waals surface area contributed by atoms with Gasteiger partial charge in [0.15, 0.2) is 15.6 Å². The van der Waals surface area contributed by atoms with Crippen LogP contribution in [0.3, 0.4) is 0 Å². The van der Waals surface area contributed by atoms with Crippen molar-refractivity contribution in [3.63, 3.8) is 0 Å². The fraction of sp³-hybridized carbons (Fsp3) is 0.304. The molecule has 0 saturated carbocycles. The van der Waals surface area contributed by atoms with Crippen molar-refractivity contribution in [1.82, 2.24) is 14.5 Å². The van der Waals surface area contributed by atoms with E-state index in [1.54, 1.807) is 17.3 Å². The molecule has 2 aromatic carbocycles. The molecule has 164 valence electrons. The first-order valence-electron chi connectivity index (χ1n) is 10.5. The Bertz CT molecular complexity index is 1420. The second-order valence-corrected chi connectivity index (χ2v) is 10.9. The van der Waals surface area contributed by atoms with E-state index in [2.05, 4.69) is 4.98 Å². The summed E-state index contributed by atoms with van der Waals surface area (Å²) >= 11 is 0. The smallest absolute Gasteiger partial charge is 0.289 e. The number of aromatic nitrogens is 2. The first-order chi connectivity index (χ1) is 15.4. The summed E-state index contributed by atoms with van der Waals surface area (Å²) in [6, 6.07) is 16.8. The Kier molecular flexibility index (Phi) is 4.22. The highest BCUT2D eigenvalue weighted by Crippen LogP contribution is 2.34. The SMILES string of the molecule is O=C(c1cc2ccccc2o1)N1CC2(C1)CS(=O)(=O)[C@@H](Cn1cnc3ccccc31)CO2. The maximum atomic E-state index is 13.1. The molecule has 0 aliphatic carbocycles. The highest BCUT2D eigenvalue weighted by Gasteiger charge is 2.54. The third-order valence-electron chi connectivity index (χ3n) is 6.36. The van der Waals surface area contributed by atoms with Crippen LogP contribution >= 0.6 is 0 Å². The number of likely N-dealkylation sites (tertiary alicyclic amines) is 1. The molecule has 2 fully saturated rings. The number of rotatable bonds is 3. The van der Waals surface area contributed by atoms with E-state index in [-0.39, 0.29) is 37.1 Å². The molecule has 1 amide bonds. The number of carbonyl (C=O) groups excluding carboxylic acids is 1. The van der Waals surface area contributed by atoms with Crippen molar-refractivity contribution in [2.45, 2.75) is 17.4 Å². The quantitative estimate of drug-likeness (QED) is 0.475. The molecule has 2 aliphatic heterocycles. The van der Waals surface area contributed by atoms with Crippen LogP contribution in [0.5, 0.6) is 0 Å². The van der Waals surface area contributed by atoms with E-state index < -0.39 is 20.7 Å². The minimum atomic E-state index is -3.41. The first kappa shape index (κ1) is 19.5. The van der Waals surface area contributed by atoms with E-state index in [9.17, 15) is 13.2 Å². The van der Waals surface area contributed by atoms with Crippen molar-refractivity contribution in [3.05, 3.63) is 66.7 Å². The molecule has 2 aromatic heterocycles. The Labute approximate surface area is 184 Å². The van der Waals surface area contributed by atoms with Crippen LogP contribution in [0, 0.1) is 0 Å². The number of benzene rings is 2. The molecule has 9 heteroatoms. The summed E-state index contributed by atoms with van der Waals surface area (Å²) in [5.41, 5.74) is 1.54. The molecule has 0 radical (unpaired) electrons. The van der Waals surface area contributed by atoms with E-state index in [1.165, 1.54) is 0 Å². The predicted octanol–water partition coefficient (Wildman–Crippen LogP) is 2.49. The summed E-state index contributed by atoms with van der Waals surface area (Å²) in [5, 5.41) is 0.211. The molecule has 1 atom stereocenters. The Morgan fingerprint density at radius 2 is 1.91 bits per heavy atom. The third-order valence-corrected chi connectivity index (χ3v) is 8.59. The number of nitrogens with zero attached hydrogens (tertiary/aromatic N) is 3. The van der Waals surface area contributed by atoms with Crippen molar-refractivity contribution in [3.8, 4) is 0 Å². The van der Waals surface area contributed by atoms with Gasteiger partial charge in [-0.3, -0.25) is 4.79 Å². The van der Waals surface area contributed by atoms with Gasteiger partial charge in [0.25, 0.3) is 5.91 Å². The van der Waals surface area contributed by atoms with Crippen LogP contribution in [-0.4, -0.2) is 65.1 Å². The van der Waals surface area contributed by atoms with Crippen molar-refractivity contribution < 1.29 is 22.4 Å². The monoisotopic (exact) mass is 451 g/mol. The number of hydrogen-bond acceptors (Lipinski definition) is 6. The molecule has 32 heavy (non-hydrogen) atoms. The number of para-hydroxylation sites is 3.